The molecule has 1 N–H and O–H groups in total. The molecular formula is C17H16FNO4S. The molecule has 1 aliphatic rings. The fourth-order valence-electron chi connectivity index (χ4n) is 2.77. The van der Waals surface area contributed by atoms with E-state index in [0.717, 1.165) is 18.9 Å². The molecule has 7 heteroatoms. The summed E-state index contributed by atoms with van der Waals surface area (Å²) in [5, 5.41) is 8.85. The number of aromatic carboxylic acids is 1. The number of sulfonamides is 1. The Morgan fingerprint density at radius 3 is 2.12 bits per heavy atom. The highest BCUT2D eigenvalue weighted by atomic mass is 32.2. The van der Waals surface area contributed by atoms with Crippen LogP contribution >= 0.6 is 0 Å². The Bertz CT molecular complexity index is 872. The summed E-state index contributed by atoms with van der Waals surface area (Å²) >= 11 is 0. The second-order valence-electron chi connectivity index (χ2n) is 5.64. The van der Waals surface area contributed by atoms with Crippen LogP contribution in [0.25, 0.3) is 11.1 Å². The number of carboxylic acids is 1. The lowest BCUT2D eigenvalue weighted by Gasteiger charge is -2.15. The molecule has 0 unspecified atom stereocenters. The zero-order chi connectivity index (χ0) is 17.3. The lowest BCUT2D eigenvalue weighted by molar-refractivity contribution is 0.0692. The molecule has 1 fully saturated rings. The average molecular weight is 349 g/mol. The molecule has 0 saturated carbocycles. The van der Waals surface area contributed by atoms with Gasteiger partial charge in [0, 0.05) is 13.1 Å². The second-order valence-corrected chi connectivity index (χ2v) is 7.57. The Balaban J connectivity index is 1.90. The first-order chi connectivity index (χ1) is 11.4. The molecule has 126 valence electrons. The van der Waals surface area contributed by atoms with E-state index in [4.69, 9.17) is 5.11 Å². The first-order valence-electron chi connectivity index (χ1n) is 7.53. The van der Waals surface area contributed by atoms with Gasteiger partial charge in [0.2, 0.25) is 10.0 Å². The van der Waals surface area contributed by atoms with Crippen LogP contribution in [0.5, 0.6) is 0 Å². The van der Waals surface area contributed by atoms with E-state index in [2.05, 4.69) is 0 Å². The van der Waals surface area contributed by atoms with Gasteiger partial charge in [0.25, 0.3) is 0 Å². The van der Waals surface area contributed by atoms with E-state index >= 15 is 0 Å². The second kappa shape index (κ2) is 6.33. The largest absolute Gasteiger partial charge is 0.478 e. The molecule has 2 aromatic carbocycles. The molecule has 0 amide bonds. The Morgan fingerprint density at radius 2 is 1.58 bits per heavy atom. The van der Waals surface area contributed by atoms with Gasteiger partial charge in [-0.25, -0.2) is 17.6 Å². The zero-order valence-electron chi connectivity index (χ0n) is 12.8. The van der Waals surface area contributed by atoms with E-state index in [0.29, 0.717) is 24.2 Å². The molecule has 0 aromatic heterocycles. The monoisotopic (exact) mass is 349 g/mol. The molecule has 0 atom stereocenters. The normalized spacial score (nSPS) is 15.5. The maximum absolute atomic E-state index is 13.8. The van der Waals surface area contributed by atoms with Gasteiger partial charge in [0.05, 0.1) is 10.5 Å². The summed E-state index contributed by atoms with van der Waals surface area (Å²) in [7, 11) is -3.48. The van der Waals surface area contributed by atoms with Crippen molar-refractivity contribution >= 4 is 16.0 Å². The van der Waals surface area contributed by atoms with Gasteiger partial charge >= 0.3 is 5.97 Å². The van der Waals surface area contributed by atoms with Crippen LogP contribution in [-0.4, -0.2) is 36.9 Å². The topological polar surface area (TPSA) is 74.7 Å². The summed E-state index contributed by atoms with van der Waals surface area (Å²) in [6.45, 7) is 1.07. The minimum atomic E-state index is -3.48. The smallest absolute Gasteiger partial charge is 0.338 e. The molecule has 1 heterocycles. The van der Waals surface area contributed by atoms with Crippen LogP contribution in [0.15, 0.2) is 47.4 Å². The van der Waals surface area contributed by atoms with E-state index in [1.54, 1.807) is 12.1 Å². The van der Waals surface area contributed by atoms with Crippen LogP contribution in [-0.2, 0) is 10.0 Å². The minimum Gasteiger partial charge on any atom is -0.478 e. The van der Waals surface area contributed by atoms with Gasteiger partial charge in [-0.1, -0.05) is 18.2 Å². The van der Waals surface area contributed by atoms with Crippen molar-refractivity contribution < 1.29 is 22.7 Å². The van der Waals surface area contributed by atoms with Gasteiger partial charge in [-0.05, 0) is 48.2 Å². The van der Waals surface area contributed by atoms with E-state index in [9.17, 15) is 17.6 Å². The molecule has 0 bridgehead atoms. The molecule has 2 aromatic rings. The van der Waals surface area contributed by atoms with Gasteiger partial charge in [-0.2, -0.15) is 4.31 Å². The van der Waals surface area contributed by atoms with Crippen molar-refractivity contribution in [1.29, 1.82) is 0 Å². The van der Waals surface area contributed by atoms with Crippen molar-refractivity contribution in [1.82, 2.24) is 4.31 Å². The molecular weight excluding hydrogens is 333 g/mol. The highest BCUT2D eigenvalue weighted by molar-refractivity contribution is 7.89. The van der Waals surface area contributed by atoms with Crippen LogP contribution < -0.4 is 0 Å². The molecule has 0 radical (unpaired) electrons. The van der Waals surface area contributed by atoms with Crippen molar-refractivity contribution in [2.45, 2.75) is 17.7 Å². The number of carbonyl (C=O) groups is 1. The van der Waals surface area contributed by atoms with Crippen molar-refractivity contribution in [3.8, 4) is 11.1 Å². The van der Waals surface area contributed by atoms with Crippen LogP contribution in [0.2, 0.25) is 0 Å². The average Bonchev–Trinajstić information content (AvgIpc) is 3.10. The van der Waals surface area contributed by atoms with Crippen molar-refractivity contribution in [2.75, 3.05) is 13.1 Å². The fraction of sp³-hybridized carbons (Fsp3) is 0.235. The number of halogens is 1. The minimum absolute atomic E-state index is 0.204. The Labute approximate surface area is 139 Å². The third kappa shape index (κ3) is 3.05. The van der Waals surface area contributed by atoms with Crippen molar-refractivity contribution in [3.05, 3.63) is 53.8 Å². The van der Waals surface area contributed by atoms with Gasteiger partial charge < -0.3 is 5.11 Å². The number of rotatable bonds is 4. The third-order valence-electron chi connectivity index (χ3n) is 4.09. The van der Waals surface area contributed by atoms with Crippen LogP contribution in [0.4, 0.5) is 4.39 Å². The molecule has 0 spiro atoms. The summed E-state index contributed by atoms with van der Waals surface area (Å²) in [5.41, 5.74) is 0.709. The van der Waals surface area contributed by atoms with E-state index in [1.165, 1.54) is 28.6 Å². The Hall–Kier alpha value is -2.25. The fourth-order valence-corrected chi connectivity index (χ4v) is 4.28. The summed E-state index contributed by atoms with van der Waals surface area (Å²) in [4.78, 5) is 11.0. The van der Waals surface area contributed by atoms with Gasteiger partial charge in [-0.3, -0.25) is 0 Å². The lowest BCUT2D eigenvalue weighted by atomic mass is 10.0. The SMILES string of the molecule is O=C(O)c1ccc(-c2ccc(S(=O)(=O)N3CCCC3)cc2)cc1F. The summed E-state index contributed by atoms with van der Waals surface area (Å²) in [6.07, 6.45) is 1.74. The van der Waals surface area contributed by atoms with Gasteiger partial charge in [-0.15, -0.1) is 0 Å². The predicted octanol–water partition coefficient (Wildman–Crippen LogP) is 2.98. The Morgan fingerprint density at radius 1 is 1.00 bits per heavy atom. The first-order valence-corrected chi connectivity index (χ1v) is 8.97. The molecule has 5 nitrogen and oxygen atoms in total. The van der Waals surface area contributed by atoms with E-state index < -0.39 is 27.4 Å². The first kappa shape index (κ1) is 16.6. The maximum Gasteiger partial charge on any atom is 0.338 e. The number of carboxylic acid groups (broad SMARTS) is 1. The molecule has 0 aliphatic carbocycles. The highest BCUT2D eigenvalue weighted by Crippen LogP contribution is 2.26. The Kier molecular flexibility index (Phi) is 4.38. The summed E-state index contributed by atoms with van der Waals surface area (Å²) in [6, 6.07) is 10.0. The van der Waals surface area contributed by atoms with Crippen molar-refractivity contribution in [3.63, 3.8) is 0 Å². The van der Waals surface area contributed by atoms with Crippen LogP contribution in [0, 0.1) is 5.82 Å². The summed E-state index contributed by atoms with van der Waals surface area (Å²) in [5.74, 6) is -2.15. The van der Waals surface area contributed by atoms with Gasteiger partial charge in [0.15, 0.2) is 0 Å². The van der Waals surface area contributed by atoms with Crippen LogP contribution in [0.1, 0.15) is 23.2 Å². The zero-order valence-corrected chi connectivity index (χ0v) is 13.6. The molecule has 3 rings (SSSR count). The van der Waals surface area contributed by atoms with E-state index in [-0.39, 0.29) is 4.90 Å². The maximum atomic E-state index is 13.8. The third-order valence-corrected chi connectivity index (χ3v) is 6.00. The number of hydrogen-bond donors (Lipinski definition) is 1. The molecule has 24 heavy (non-hydrogen) atoms. The number of hydrogen-bond acceptors (Lipinski definition) is 3. The molecule has 1 saturated heterocycles. The number of nitrogens with zero attached hydrogens (tertiary/aromatic N) is 1. The molecule has 1 aliphatic heterocycles. The lowest BCUT2D eigenvalue weighted by Crippen LogP contribution is -2.27. The highest BCUT2D eigenvalue weighted by Gasteiger charge is 2.26. The predicted molar refractivity (Wildman–Crippen MR) is 86.8 cm³/mol. The van der Waals surface area contributed by atoms with Crippen molar-refractivity contribution in [2.24, 2.45) is 0 Å². The summed E-state index contributed by atoms with van der Waals surface area (Å²) < 4.78 is 40.2. The van der Waals surface area contributed by atoms with Crippen LogP contribution in [0.3, 0.4) is 0 Å². The quantitative estimate of drug-likeness (QED) is 0.921. The van der Waals surface area contributed by atoms with Gasteiger partial charge in [0.1, 0.15) is 5.82 Å². The van der Waals surface area contributed by atoms with E-state index in [1.807, 2.05) is 0 Å². The standard InChI is InChI=1S/C17H16FNO4S/c18-16-11-13(5-8-15(16)17(20)21)12-3-6-14(7-4-12)24(22,23)19-9-1-2-10-19/h3-8,11H,1-2,9-10H2,(H,20,21). The number of benzene rings is 2.